The molecule has 1 aromatic rings. The van der Waals surface area contributed by atoms with Gasteiger partial charge in [0, 0.05) is 12.1 Å². The summed E-state index contributed by atoms with van der Waals surface area (Å²) < 4.78 is 0. The fraction of sp³-hybridized carbons (Fsp3) is 0.500. The van der Waals surface area contributed by atoms with Gasteiger partial charge in [0.2, 0.25) is 0 Å². The van der Waals surface area contributed by atoms with Crippen LogP contribution in [0.4, 0.5) is 11.4 Å². The molecule has 2 unspecified atom stereocenters. The molecule has 0 amide bonds. The zero-order valence-electron chi connectivity index (χ0n) is 11.5. The molecule has 1 rings (SSSR count). The van der Waals surface area contributed by atoms with Crippen molar-refractivity contribution in [2.75, 3.05) is 5.32 Å². The Kier molecular flexibility index (Phi) is 5.31. The summed E-state index contributed by atoms with van der Waals surface area (Å²) in [5, 5.41) is 22.9. The third kappa shape index (κ3) is 4.25. The van der Waals surface area contributed by atoms with E-state index in [1.165, 1.54) is 6.07 Å². The molecule has 0 saturated carbocycles. The average molecular weight is 261 g/mol. The predicted molar refractivity (Wildman–Crippen MR) is 75.0 cm³/mol. The van der Waals surface area contributed by atoms with Gasteiger partial charge in [-0.1, -0.05) is 20.3 Å². The van der Waals surface area contributed by atoms with Crippen LogP contribution in [0.5, 0.6) is 0 Å². The average Bonchev–Trinajstić information content (AvgIpc) is 2.38. The lowest BCUT2D eigenvalue weighted by molar-refractivity contribution is -0.384. The predicted octanol–water partition coefficient (Wildman–Crippen LogP) is 3.70. The Bertz CT molecular complexity index is 494. The van der Waals surface area contributed by atoms with Gasteiger partial charge in [-0.2, -0.15) is 5.26 Å². The molecule has 0 heterocycles. The molecule has 0 aliphatic rings. The Labute approximate surface area is 113 Å². The lowest BCUT2D eigenvalue weighted by Gasteiger charge is -2.18. The summed E-state index contributed by atoms with van der Waals surface area (Å²) in [7, 11) is 0. The number of nitrogens with zero attached hydrogens (tertiary/aromatic N) is 2. The van der Waals surface area contributed by atoms with Crippen molar-refractivity contribution in [3.63, 3.8) is 0 Å². The van der Waals surface area contributed by atoms with Gasteiger partial charge in [0.05, 0.1) is 16.6 Å². The maximum Gasteiger partial charge on any atom is 0.293 e. The summed E-state index contributed by atoms with van der Waals surface area (Å²) in [5.74, 6) is 0.569. The standard InChI is InChI=1S/C14H19N3O2/c1-4-10(2)7-11(3)16-13-6-5-12(9-15)8-14(13)17(18)19/h5-6,8,10-11,16H,4,7H2,1-3H3. The normalized spacial score (nSPS) is 13.4. The zero-order valence-corrected chi connectivity index (χ0v) is 11.5. The quantitative estimate of drug-likeness (QED) is 0.625. The summed E-state index contributed by atoms with van der Waals surface area (Å²) >= 11 is 0. The number of nitriles is 1. The second-order valence-electron chi connectivity index (χ2n) is 4.90. The van der Waals surface area contributed by atoms with Crippen LogP contribution in [-0.2, 0) is 0 Å². The molecular formula is C14H19N3O2. The number of anilines is 1. The van der Waals surface area contributed by atoms with Gasteiger partial charge in [-0.25, -0.2) is 0 Å². The summed E-state index contributed by atoms with van der Waals surface area (Å²) in [6, 6.07) is 6.56. The van der Waals surface area contributed by atoms with Crippen LogP contribution in [0.1, 0.15) is 39.2 Å². The molecule has 0 aliphatic carbocycles. The minimum absolute atomic E-state index is 0.0462. The summed E-state index contributed by atoms with van der Waals surface area (Å²) in [5.41, 5.74) is 0.724. The first-order valence-corrected chi connectivity index (χ1v) is 6.43. The minimum Gasteiger partial charge on any atom is -0.377 e. The molecule has 2 atom stereocenters. The van der Waals surface area contributed by atoms with Gasteiger partial charge in [-0.15, -0.1) is 0 Å². The molecule has 1 N–H and O–H groups in total. The third-order valence-corrected chi connectivity index (χ3v) is 3.18. The number of rotatable bonds is 6. The van der Waals surface area contributed by atoms with E-state index < -0.39 is 4.92 Å². The van der Waals surface area contributed by atoms with E-state index in [1.807, 2.05) is 13.0 Å². The molecule has 0 spiro atoms. The van der Waals surface area contributed by atoms with E-state index in [0.717, 1.165) is 12.8 Å². The number of nitrogens with one attached hydrogen (secondary N) is 1. The van der Waals surface area contributed by atoms with Gasteiger partial charge in [0.25, 0.3) is 5.69 Å². The Morgan fingerprint density at radius 1 is 1.47 bits per heavy atom. The fourth-order valence-electron chi connectivity index (χ4n) is 1.97. The van der Waals surface area contributed by atoms with Crippen LogP contribution in [0.3, 0.4) is 0 Å². The Morgan fingerprint density at radius 3 is 2.68 bits per heavy atom. The van der Waals surface area contributed by atoms with Crippen molar-refractivity contribution in [1.29, 1.82) is 5.26 Å². The largest absolute Gasteiger partial charge is 0.377 e. The summed E-state index contributed by atoms with van der Waals surface area (Å²) in [4.78, 5) is 10.5. The number of nitro benzene ring substituents is 1. The SMILES string of the molecule is CCC(C)CC(C)Nc1ccc(C#N)cc1[N+](=O)[O-]. The van der Waals surface area contributed by atoms with Crippen LogP contribution in [-0.4, -0.2) is 11.0 Å². The van der Waals surface area contributed by atoms with Crippen molar-refractivity contribution in [2.45, 2.75) is 39.7 Å². The lowest BCUT2D eigenvalue weighted by Crippen LogP contribution is -2.19. The van der Waals surface area contributed by atoms with Crippen molar-refractivity contribution < 1.29 is 4.92 Å². The summed E-state index contributed by atoms with van der Waals surface area (Å²) in [6.07, 6.45) is 2.04. The smallest absolute Gasteiger partial charge is 0.293 e. The molecule has 0 aromatic heterocycles. The number of hydrogen-bond donors (Lipinski definition) is 1. The molecule has 5 nitrogen and oxygen atoms in total. The molecule has 0 fully saturated rings. The van der Waals surface area contributed by atoms with Crippen molar-refractivity contribution in [3.8, 4) is 6.07 Å². The van der Waals surface area contributed by atoms with Gasteiger partial charge in [0.1, 0.15) is 5.69 Å². The van der Waals surface area contributed by atoms with E-state index >= 15 is 0 Å². The van der Waals surface area contributed by atoms with Crippen LogP contribution in [0.25, 0.3) is 0 Å². The molecule has 0 aliphatic heterocycles. The number of hydrogen-bond acceptors (Lipinski definition) is 4. The van der Waals surface area contributed by atoms with E-state index in [-0.39, 0.29) is 11.7 Å². The first kappa shape index (κ1) is 15.0. The van der Waals surface area contributed by atoms with Gasteiger partial charge in [0.15, 0.2) is 0 Å². The van der Waals surface area contributed by atoms with Gasteiger partial charge in [-0.3, -0.25) is 10.1 Å². The van der Waals surface area contributed by atoms with Crippen LogP contribution in [0.15, 0.2) is 18.2 Å². The highest BCUT2D eigenvalue weighted by atomic mass is 16.6. The Balaban J connectivity index is 2.89. The number of benzene rings is 1. The maximum atomic E-state index is 11.0. The van der Waals surface area contributed by atoms with Crippen molar-refractivity contribution in [3.05, 3.63) is 33.9 Å². The molecular weight excluding hydrogens is 242 g/mol. The van der Waals surface area contributed by atoms with E-state index in [9.17, 15) is 10.1 Å². The molecule has 1 aromatic carbocycles. The van der Waals surface area contributed by atoms with E-state index in [2.05, 4.69) is 19.2 Å². The van der Waals surface area contributed by atoms with Crippen LogP contribution >= 0.6 is 0 Å². The van der Waals surface area contributed by atoms with E-state index in [4.69, 9.17) is 5.26 Å². The topological polar surface area (TPSA) is 79.0 Å². The second-order valence-corrected chi connectivity index (χ2v) is 4.90. The third-order valence-electron chi connectivity index (χ3n) is 3.18. The zero-order chi connectivity index (χ0) is 14.4. The molecule has 0 saturated heterocycles. The molecule has 102 valence electrons. The van der Waals surface area contributed by atoms with Crippen molar-refractivity contribution in [2.24, 2.45) is 5.92 Å². The summed E-state index contributed by atoms with van der Waals surface area (Å²) in [6.45, 7) is 6.29. The van der Waals surface area contributed by atoms with Crippen molar-refractivity contribution in [1.82, 2.24) is 0 Å². The first-order chi connectivity index (χ1) is 8.97. The van der Waals surface area contributed by atoms with E-state index in [0.29, 0.717) is 17.2 Å². The van der Waals surface area contributed by atoms with E-state index in [1.54, 1.807) is 12.1 Å². The molecule has 0 bridgehead atoms. The second kappa shape index (κ2) is 6.74. The van der Waals surface area contributed by atoms with Crippen LogP contribution in [0.2, 0.25) is 0 Å². The molecule has 19 heavy (non-hydrogen) atoms. The lowest BCUT2D eigenvalue weighted by atomic mass is 10.00. The van der Waals surface area contributed by atoms with Crippen LogP contribution in [0, 0.1) is 27.4 Å². The molecule has 5 heteroatoms. The highest BCUT2D eigenvalue weighted by molar-refractivity contribution is 5.64. The van der Waals surface area contributed by atoms with Crippen molar-refractivity contribution >= 4 is 11.4 Å². The Morgan fingerprint density at radius 2 is 2.16 bits per heavy atom. The molecule has 0 radical (unpaired) electrons. The first-order valence-electron chi connectivity index (χ1n) is 6.43. The fourth-order valence-corrected chi connectivity index (χ4v) is 1.97. The number of nitro groups is 1. The van der Waals surface area contributed by atoms with Gasteiger partial charge in [-0.05, 0) is 31.4 Å². The van der Waals surface area contributed by atoms with Gasteiger partial charge >= 0.3 is 0 Å². The minimum atomic E-state index is -0.459. The maximum absolute atomic E-state index is 11.0. The van der Waals surface area contributed by atoms with Crippen LogP contribution < -0.4 is 5.32 Å². The Hall–Kier alpha value is -2.09. The van der Waals surface area contributed by atoms with Gasteiger partial charge < -0.3 is 5.32 Å². The highest BCUT2D eigenvalue weighted by Crippen LogP contribution is 2.27. The highest BCUT2D eigenvalue weighted by Gasteiger charge is 2.17. The monoisotopic (exact) mass is 261 g/mol.